The van der Waals surface area contributed by atoms with Crippen molar-refractivity contribution in [1.82, 2.24) is 10.6 Å². The molecule has 0 spiro atoms. The van der Waals surface area contributed by atoms with Gasteiger partial charge in [-0.3, -0.25) is 4.79 Å². The standard InChI is InChI=1S/C13H16Cl2N2O/c14-11-3-1-10(12(15)5-11)2-4-13(18)17-8-9-6-16-7-9/h1,3,5,9,16H,2,4,6-8H2,(H,17,18). The molecule has 18 heavy (non-hydrogen) atoms. The molecule has 0 aliphatic carbocycles. The molecule has 1 fully saturated rings. The number of halogens is 2. The Balaban J connectivity index is 1.74. The molecule has 2 N–H and O–H groups in total. The van der Waals surface area contributed by atoms with Crippen molar-refractivity contribution in [3.63, 3.8) is 0 Å². The second-order valence-electron chi connectivity index (χ2n) is 4.56. The molecule has 0 saturated carbocycles. The molecule has 5 heteroatoms. The highest BCUT2D eigenvalue weighted by Crippen LogP contribution is 2.21. The van der Waals surface area contributed by atoms with Gasteiger partial charge in [0.1, 0.15) is 0 Å². The fourth-order valence-electron chi connectivity index (χ4n) is 1.81. The summed E-state index contributed by atoms with van der Waals surface area (Å²) in [6, 6.07) is 5.37. The lowest BCUT2D eigenvalue weighted by molar-refractivity contribution is -0.121. The van der Waals surface area contributed by atoms with Gasteiger partial charge in [0, 0.05) is 42.0 Å². The van der Waals surface area contributed by atoms with E-state index in [1.807, 2.05) is 6.07 Å². The Kier molecular flexibility index (Phi) is 4.87. The average molecular weight is 287 g/mol. The van der Waals surface area contributed by atoms with Crippen LogP contribution < -0.4 is 10.6 Å². The Morgan fingerprint density at radius 3 is 2.78 bits per heavy atom. The van der Waals surface area contributed by atoms with Crippen LogP contribution in [-0.2, 0) is 11.2 Å². The Hall–Kier alpha value is -0.770. The van der Waals surface area contributed by atoms with Crippen LogP contribution in [0.2, 0.25) is 10.0 Å². The Morgan fingerprint density at radius 2 is 2.17 bits per heavy atom. The average Bonchev–Trinajstić information content (AvgIpc) is 2.25. The topological polar surface area (TPSA) is 41.1 Å². The molecule has 1 aliphatic heterocycles. The maximum atomic E-state index is 11.6. The molecule has 0 radical (unpaired) electrons. The number of rotatable bonds is 5. The second-order valence-corrected chi connectivity index (χ2v) is 5.41. The Labute approximate surface area is 117 Å². The highest BCUT2D eigenvalue weighted by atomic mass is 35.5. The molecule has 1 saturated heterocycles. The van der Waals surface area contributed by atoms with Gasteiger partial charge in [0.2, 0.25) is 5.91 Å². The van der Waals surface area contributed by atoms with Gasteiger partial charge in [-0.05, 0) is 24.1 Å². The van der Waals surface area contributed by atoms with Crippen LogP contribution in [0.15, 0.2) is 18.2 Å². The van der Waals surface area contributed by atoms with Crippen LogP contribution in [0.5, 0.6) is 0 Å². The Morgan fingerprint density at radius 1 is 1.39 bits per heavy atom. The van der Waals surface area contributed by atoms with E-state index in [1.54, 1.807) is 12.1 Å². The van der Waals surface area contributed by atoms with Crippen molar-refractivity contribution >= 4 is 29.1 Å². The monoisotopic (exact) mass is 286 g/mol. The summed E-state index contributed by atoms with van der Waals surface area (Å²) >= 11 is 11.9. The van der Waals surface area contributed by atoms with E-state index < -0.39 is 0 Å². The van der Waals surface area contributed by atoms with Crippen LogP contribution in [0.25, 0.3) is 0 Å². The maximum absolute atomic E-state index is 11.6. The SMILES string of the molecule is O=C(CCc1ccc(Cl)cc1Cl)NCC1CNC1. The first-order valence-corrected chi connectivity index (χ1v) is 6.82. The summed E-state index contributed by atoms with van der Waals surface area (Å²) in [5.41, 5.74) is 0.960. The largest absolute Gasteiger partial charge is 0.356 e. The number of aryl methyl sites for hydroxylation is 1. The lowest BCUT2D eigenvalue weighted by atomic mass is 10.0. The van der Waals surface area contributed by atoms with Gasteiger partial charge in [-0.2, -0.15) is 0 Å². The normalized spacial score (nSPS) is 15.2. The minimum absolute atomic E-state index is 0.0768. The molecule has 0 unspecified atom stereocenters. The van der Waals surface area contributed by atoms with E-state index in [4.69, 9.17) is 23.2 Å². The lowest BCUT2D eigenvalue weighted by Crippen LogP contribution is -2.48. The summed E-state index contributed by atoms with van der Waals surface area (Å²) in [6.07, 6.45) is 1.10. The van der Waals surface area contributed by atoms with Crippen LogP contribution in [0.1, 0.15) is 12.0 Å². The molecule has 0 aromatic heterocycles. The molecule has 1 aliphatic rings. The van der Waals surface area contributed by atoms with E-state index in [-0.39, 0.29) is 5.91 Å². The predicted molar refractivity (Wildman–Crippen MR) is 74.2 cm³/mol. The lowest BCUT2D eigenvalue weighted by Gasteiger charge is -2.27. The molecule has 0 bridgehead atoms. The minimum atomic E-state index is 0.0768. The predicted octanol–water partition coefficient (Wildman–Crippen LogP) is 2.26. The van der Waals surface area contributed by atoms with E-state index in [0.29, 0.717) is 28.8 Å². The number of benzene rings is 1. The third kappa shape index (κ3) is 3.87. The number of nitrogens with one attached hydrogen (secondary N) is 2. The third-order valence-corrected chi connectivity index (χ3v) is 3.68. The van der Waals surface area contributed by atoms with Gasteiger partial charge in [-0.25, -0.2) is 0 Å². The molecule has 3 nitrogen and oxygen atoms in total. The smallest absolute Gasteiger partial charge is 0.220 e. The quantitative estimate of drug-likeness (QED) is 0.872. The molecule has 1 heterocycles. The molecule has 1 aromatic rings. The van der Waals surface area contributed by atoms with Crippen LogP contribution >= 0.6 is 23.2 Å². The zero-order valence-electron chi connectivity index (χ0n) is 10.0. The summed E-state index contributed by atoms with van der Waals surface area (Å²) in [5, 5.41) is 7.35. The van der Waals surface area contributed by atoms with E-state index in [9.17, 15) is 4.79 Å². The highest BCUT2D eigenvalue weighted by Gasteiger charge is 2.17. The van der Waals surface area contributed by atoms with Crippen molar-refractivity contribution in [3.8, 4) is 0 Å². The van der Waals surface area contributed by atoms with Crippen LogP contribution in [0.4, 0.5) is 0 Å². The first-order valence-electron chi connectivity index (χ1n) is 6.06. The second kappa shape index (κ2) is 6.41. The third-order valence-electron chi connectivity index (χ3n) is 3.09. The van der Waals surface area contributed by atoms with E-state index in [1.165, 1.54) is 0 Å². The van der Waals surface area contributed by atoms with Gasteiger partial charge in [0.15, 0.2) is 0 Å². The van der Waals surface area contributed by atoms with Gasteiger partial charge in [0.05, 0.1) is 0 Å². The highest BCUT2D eigenvalue weighted by molar-refractivity contribution is 6.35. The molecular formula is C13H16Cl2N2O. The number of carbonyl (C=O) groups is 1. The maximum Gasteiger partial charge on any atom is 0.220 e. The van der Waals surface area contributed by atoms with Gasteiger partial charge >= 0.3 is 0 Å². The molecule has 0 atom stereocenters. The summed E-state index contributed by atoms with van der Waals surface area (Å²) < 4.78 is 0. The number of amides is 1. The number of hydrogen-bond donors (Lipinski definition) is 2. The van der Waals surface area contributed by atoms with Crippen LogP contribution in [0.3, 0.4) is 0 Å². The van der Waals surface area contributed by atoms with E-state index >= 15 is 0 Å². The van der Waals surface area contributed by atoms with Crippen molar-refractivity contribution in [2.24, 2.45) is 5.92 Å². The molecule has 98 valence electrons. The Bertz CT molecular complexity index is 433. The number of carbonyl (C=O) groups excluding carboxylic acids is 1. The van der Waals surface area contributed by atoms with Crippen LogP contribution in [0, 0.1) is 5.92 Å². The fourth-order valence-corrected chi connectivity index (χ4v) is 2.31. The first kappa shape index (κ1) is 13.7. The minimum Gasteiger partial charge on any atom is -0.356 e. The summed E-state index contributed by atoms with van der Waals surface area (Å²) in [4.78, 5) is 11.6. The van der Waals surface area contributed by atoms with Gasteiger partial charge < -0.3 is 10.6 Å². The van der Waals surface area contributed by atoms with Crippen molar-refractivity contribution in [1.29, 1.82) is 0 Å². The summed E-state index contributed by atoms with van der Waals surface area (Å²) in [6.45, 7) is 2.77. The van der Waals surface area contributed by atoms with Crippen LogP contribution in [-0.4, -0.2) is 25.5 Å². The fraction of sp³-hybridized carbons (Fsp3) is 0.462. The number of hydrogen-bond acceptors (Lipinski definition) is 2. The summed E-state index contributed by atoms with van der Waals surface area (Å²) in [7, 11) is 0. The molecule has 2 rings (SSSR count). The van der Waals surface area contributed by atoms with E-state index in [0.717, 1.165) is 25.2 Å². The van der Waals surface area contributed by atoms with Gasteiger partial charge in [0.25, 0.3) is 0 Å². The van der Waals surface area contributed by atoms with Gasteiger partial charge in [-0.15, -0.1) is 0 Å². The van der Waals surface area contributed by atoms with Crippen molar-refractivity contribution < 1.29 is 4.79 Å². The zero-order valence-corrected chi connectivity index (χ0v) is 11.5. The van der Waals surface area contributed by atoms with Crippen molar-refractivity contribution in [3.05, 3.63) is 33.8 Å². The van der Waals surface area contributed by atoms with Crippen molar-refractivity contribution in [2.45, 2.75) is 12.8 Å². The van der Waals surface area contributed by atoms with Crippen molar-refractivity contribution in [2.75, 3.05) is 19.6 Å². The first-order chi connectivity index (χ1) is 8.65. The summed E-state index contributed by atoms with van der Waals surface area (Å²) in [5.74, 6) is 0.668. The zero-order chi connectivity index (χ0) is 13.0. The molecule has 1 aromatic carbocycles. The molecular weight excluding hydrogens is 271 g/mol. The molecule has 1 amide bonds. The van der Waals surface area contributed by atoms with E-state index in [2.05, 4.69) is 10.6 Å². The van der Waals surface area contributed by atoms with Gasteiger partial charge in [-0.1, -0.05) is 29.3 Å².